The molecule has 2 aliphatic rings. The first-order valence-electron chi connectivity index (χ1n) is 7.81. The third-order valence-electron chi connectivity index (χ3n) is 4.17. The molecule has 0 aromatic carbocycles. The van der Waals surface area contributed by atoms with E-state index in [1.807, 2.05) is 0 Å². The molecule has 0 bridgehead atoms. The number of carbonyl (C=O) groups is 1. The smallest absolute Gasteiger partial charge is 0.241 e. The van der Waals surface area contributed by atoms with Crippen molar-refractivity contribution in [1.29, 1.82) is 0 Å². The normalized spacial score (nSPS) is 32.3. The Kier molecular flexibility index (Phi) is 5.58. The van der Waals surface area contributed by atoms with Gasteiger partial charge in [0.05, 0.1) is 12.2 Å². The van der Waals surface area contributed by atoms with Gasteiger partial charge in [-0.25, -0.2) is 0 Å². The van der Waals surface area contributed by atoms with E-state index in [0.29, 0.717) is 17.1 Å². The van der Waals surface area contributed by atoms with Gasteiger partial charge >= 0.3 is 0 Å². The molecule has 2 rings (SSSR count). The summed E-state index contributed by atoms with van der Waals surface area (Å²) in [5.41, 5.74) is 0. The van der Waals surface area contributed by atoms with E-state index in [1.165, 1.54) is 25.0 Å². The van der Waals surface area contributed by atoms with Gasteiger partial charge in [0.1, 0.15) is 0 Å². The molecule has 2 saturated heterocycles. The molecule has 0 aliphatic carbocycles. The molecule has 3 nitrogen and oxygen atoms in total. The zero-order chi connectivity index (χ0) is 13.8. The van der Waals surface area contributed by atoms with Crippen LogP contribution in [-0.4, -0.2) is 40.6 Å². The zero-order valence-electron chi connectivity index (χ0n) is 12.5. The van der Waals surface area contributed by atoms with E-state index in [9.17, 15) is 4.79 Å². The molecule has 0 aromatic rings. The quantitative estimate of drug-likeness (QED) is 0.842. The van der Waals surface area contributed by atoms with Crippen molar-refractivity contribution in [3.63, 3.8) is 0 Å². The Morgan fingerprint density at radius 3 is 2.79 bits per heavy atom. The van der Waals surface area contributed by atoms with E-state index in [-0.39, 0.29) is 12.2 Å². The highest BCUT2D eigenvalue weighted by atomic mass is 32.2. The van der Waals surface area contributed by atoms with E-state index in [0.717, 1.165) is 19.4 Å². The van der Waals surface area contributed by atoms with Crippen LogP contribution in [0.3, 0.4) is 0 Å². The topological polar surface area (TPSA) is 32.3 Å². The summed E-state index contributed by atoms with van der Waals surface area (Å²) < 4.78 is 0. The van der Waals surface area contributed by atoms with Crippen LogP contribution < -0.4 is 5.32 Å². The fourth-order valence-corrected chi connectivity index (χ4v) is 4.43. The fraction of sp³-hybridized carbons (Fsp3) is 0.933. The van der Waals surface area contributed by atoms with Crippen LogP contribution in [0, 0.1) is 5.92 Å². The number of amides is 1. The van der Waals surface area contributed by atoms with Gasteiger partial charge in [0.2, 0.25) is 5.91 Å². The Morgan fingerprint density at radius 1 is 1.42 bits per heavy atom. The summed E-state index contributed by atoms with van der Waals surface area (Å²) in [6.45, 7) is 7.51. The highest BCUT2D eigenvalue weighted by Crippen LogP contribution is 2.29. The molecule has 2 fully saturated rings. The summed E-state index contributed by atoms with van der Waals surface area (Å²) in [5.74, 6) is 2.09. The average Bonchev–Trinajstić information content (AvgIpc) is 2.70. The molecule has 110 valence electrons. The summed E-state index contributed by atoms with van der Waals surface area (Å²) in [6, 6.07) is 0.0611. The van der Waals surface area contributed by atoms with Crippen molar-refractivity contribution in [3.8, 4) is 0 Å². The van der Waals surface area contributed by atoms with E-state index in [2.05, 4.69) is 42.7 Å². The average molecular weight is 284 g/mol. The number of nitrogens with zero attached hydrogens (tertiary/aromatic N) is 1. The van der Waals surface area contributed by atoms with Gasteiger partial charge in [-0.3, -0.25) is 10.1 Å². The van der Waals surface area contributed by atoms with Crippen LogP contribution in [0.2, 0.25) is 0 Å². The van der Waals surface area contributed by atoms with Crippen LogP contribution in [0.4, 0.5) is 0 Å². The monoisotopic (exact) mass is 284 g/mol. The summed E-state index contributed by atoms with van der Waals surface area (Å²) in [7, 11) is 0. The first-order chi connectivity index (χ1) is 9.13. The molecule has 0 radical (unpaired) electrons. The van der Waals surface area contributed by atoms with Gasteiger partial charge < -0.3 is 4.90 Å². The van der Waals surface area contributed by atoms with Gasteiger partial charge in [0.25, 0.3) is 0 Å². The third kappa shape index (κ3) is 3.66. The lowest BCUT2D eigenvalue weighted by Crippen LogP contribution is -2.44. The third-order valence-corrected chi connectivity index (χ3v) is 5.55. The van der Waals surface area contributed by atoms with Crippen LogP contribution in [0.1, 0.15) is 52.9 Å². The Bertz CT molecular complexity index is 303. The molecule has 0 aromatic heterocycles. The SMILES string of the molecule is CCCC1NC(C(C)C)N(CC2CCCCS2)C1=O. The van der Waals surface area contributed by atoms with Crippen LogP contribution in [0.5, 0.6) is 0 Å². The van der Waals surface area contributed by atoms with Crippen LogP contribution in [-0.2, 0) is 4.79 Å². The van der Waals surface area contributed by atoms with Gasteiger partial charge in [-0.1, -0.05) is 33.6 Å². The van der Waals surface area contributed by atoms with E-state index >= 15 is 0 Å². The van der Waals surface area contributed by atoms with Crippen molar-refractivity contribution in [2.24, 2.45) is 5.92 Å². The van der Waals surface area contributed by atoms with Gasteiger partial charge in [0.15, 0.2) is 0 Å². The lowest BCUT2D eigenvalue weighted by molar-refractivity contribution is -0.130. The lowest BCUT2D eigenvalue weighted by atomic mass is 10.1. The Balaban J connectivity index is 1.99. The molecule has 0 spiro atoms. The largest absolute Gasteiger partial charge is 0.324 e. The number of nitrogens with one attached hydrogen (secondary N) is 1. The van der Waals surface area contributed by atoms with Crippen molar-refractivity contribution in [1.82, 2.24) is 10.2 Å². The minimum atomic E-state index is 0.0611. The molecule has 3 unspecified atom stereocenters. The van der Waals surface area contributed by atoms with Crippen molar-refractivity contribution in [2.75, 3.05) is 12.3 Å². The highest BCUT2D eigenvalue weighted by Gasteiger charge is 2.40. The van der Waals surface area contributed by atoms with Crippen LogP contribution in [0.25, 0.3) is 0 Å². The summed E-state index contributed by atoms with van der Waals surface area (Å²) >= 11 is 2.06. The maximum atomic E-state index is 12.5. The molecule has 4 heteroatoms. The number of thioether (sulfide) groups is 1. The van der Waals surface area contributed by atoms with Crippen LogP contribution >= 0.6 is 11.8 Å². The summed E-state index contributed by atoms with van der Waals surface area (Å²) in [5, 5.41) is 4.20. The van der Waals surface area contributed by atoms with Gasteiger partial charge in [-0.2, -0.15) is 11.8 Å². The molecule has 0 saturated carbocycles. The second-order valence-corrected chi connectivity index (χ2v) is 7.58. The summed E-state index contributed by atoms with van der Waals surface area (Å²) in [6.07, 6.45) is 6.23. The van der Waals surface area contributed by atoms with E-state index < -0.39 is 0 Å². The number of hydrogen-bond donors (Lipinski definition) is 1. The number of rotatable bonds is 5. The number of hydrogen-bond acceptors (Lipinski definition) is 3. The lowest BCUT2D eigenvalue weighted by Gasteiger charge is -2.32. The minimum absolute atomic E-state index is 0.0611. The molecule has 1 amide bonds. The molecule has 2 aliphatic heterocycles. The van der Waals surface area contributed by atoms with Gasteiger partial charge in [0, 0.05) is 11.8 Å². The minimum Gasteiger partial charge on any atom is -0.324 e. The highest BCUT2D eigenvalue weighted by molar-refractivity contribution is 7.99. The van der Waals surface area contributed by atoms with Crippen LogP contribution in [0.15, 0.2) is 0 Å². The van der Waals surface area contributed by atoms with Crippen molar-refractivity contribution >= 4 is 17.7 Å². The molecule has 19 heavy (non-hydrogen) atoms. The predicted molar refractivity (Wildman–Crippen MR) is 82.3 cm³/mol. The zero-order valence-corrected chi connectivity index (χ0v) is 13.3. The Hall–Kier alpha value is -0.220. The molecular formula is C15H28N2OS. The molecule has 2 heterocycles. The van der Waals surface area contributed by atoms with E-state index in [4.69, 9.17) is 0 Å². The predicted octanol–water partition coefficient (Wildman–Crippen LogP) is 2.85. The van der Waals surface area contributed by atoms with Crippen molar-refractivity contribution in [3.05, 3.63) is 0 Å². The Morgan fingerprint density at radius 2 is 2.21 bits per heavy atom. The maximum absolute atomic E-state index is 12.5. The maximum Gasteiger partial charge on any atom is 0.241 e. The van der Waals surface area contributed by atoms with Crippen molar-refractivity contribution in [2.45, 2.75) is 70.3 Å². The second-order valence-electron chi connectivity index (χ2n) is 6.18. The fourth-order valence-electron chi connectivity index (χ4n) is 3.13. The first-order valence-corrected chi connectivity index (χ1v) is 8.86. The molecular weight excluding hydrogens is 256 g/mol. The first kappa shape index (κ1) is 15.2. The second kappa shape index (κ2) is 6.98. The molecule has 1 N–H and O–H groups in total. The van der Waals surface area contributed by atoms with Crippen molar-refractivity contribution < 1.29 is 4.79 Å². The standard InChI is InChI=1S/C15H28N2OS/c1-4-7-13-15(18)17(14(16-13)11(2)3)10-12-8-5-6-9-19-12/h11-14,16H,4-10H2,1-3H3. The molecule has 3 atom stereocenters. The summed E-state index contributed by atoms with van der Waals surface area (Å²) in [4.78, 5) is 14.7. The Labute approximate surface area is 121 Å². The van der Waals surface area contributed by atoms with Gasteiger partial charge in [-0.05, 0) is 30.9 Å². The van der Waals surface area contributed by atoms with E-state index in [1.54, 1.807) is 0 Å². The van der Waals surface area contributed by atoms with Gasteiger partial charge in [-0.15, -0.1) is 0 Å². The number of carbonyl (C=O) groups excluding carboxylic acids is 1.